The SMILES string of the molecule is CC(C)(C)NC(=O)C[NH+]1CCCN(C(=S)Nc2ccc(Cl)cc2)CC1. The van der Waals surface area contributed by atoms with Crippen LogP contribution in [0.4, 0.5) is 5.69 Å². The Kier molecular flexibility index (Phi) is 7.04. The van der Waals surface area contributed by atoms with Crippen molar-refractivity contribution in [1.82, 2.24) is 10.2 Å². The Morgan fingerprint density at radius 2 is 1.92 bits per heavy atom. The summed E-state index contributed by atoms with van der Waals surface area (Å²) in [6, 6.07) is 7.52. The second-order valence-corrected chi connectivity index (χ2v) is 8.33. The third-order valence-electron chi connectivity index (χ3n) is 4.00. The van der Waals surface area contributed by atoms with Crippen LogP contribution in [0.25, 0.3) is 0 Å². The van der Waals surface area contributed by atoms with E-state index in [0.717, 1.165) is 43.4 Å². The molecule has 0 aliphatic carbocycles. The zero-order chi connectivity index (χ0) is 18.4. The topological polar surface area (TPSA) is 48.8 Å². The predicted molar refractivity (Wildman–Crippen MR) is 107 cm³/mol. The number of nitrogens with one attached hydrogen (secondary N) is 3. The lowest BCUT2D eigenvalue weighted by atomic mass is 10.1. The highest BCUT2D eigenvalue weighted by atomic mass is 35.5. The first-order valence-corrected chi connectivity index (χ1v) is 9.48. The van der Waals surface area contributed by atoms with Gasteiger partial charge in [-0.15, -0.1) is 0 Å². The number of halogens is 1. The standard InChI is InChI=1S/C18H27ClN4OS/c1-18(2,3)21-16(24)13-22-9-4-10-23(12-11-22)17(25)20-15-7-5-14(19)6-8-15/h5-8H,4,9-13H2,1-3H3,(H,20,25)(H,21,24)/p+1. The van der Waals surface area contributed by atoms with Crippen LogP contribution in [0.3, 0.4) is 0 Å². The average molecular weight is 384 g/mol. The molecule has 1 heterocycles. The van der Waals surface area contributed by atoms with Gasteiger partial charge in [0.2, 0.25) is 0 Å². The van der Waals surface area contributed by atoms with Gasteiger partial charge in [-0.05, 0) is 57.3 Å². The number of anilines is 1. The summed E-state index contributed by atoms with van der Waals surface area (Å²) in [5, 5.41) is 7.73. The van der Waals surface area contributed by atoms with Crippen LogP contribution in [0.1, 0.15) is 27.2 Å². The van der Waals surface area contributed by atoms with Gasteiger partial charge in [0.05, 0.1) is 19.6 Å². The maximum atomic E-state index is 12.1. The Morgan fingerprint density at radius 1 is 1.24 bits per heavy atom. The van der Waals surface area contributed by atoms with Gasteiger partial charge in [0.15, 0.2) is 11.7 Å². The number of nitrogens with zero attached hydrogens (tertiary/aromatic N) is 1. The molecule has 1 aromatic carbocycles. The Labute approximate surface area is 160 Å². The molecule has 1 aliphatic rings. The van der Waals surface area contributed by atoms with Crippen LogP contribution >= 0.6 is 23.8 Å². The maximum absolute atomic E-state index is 12.1. The monoisotopic (exact) mass is 383 g/mol. The quantitative estimate of drug-likeness (QED) is 0.693. The Hall–Kier alpha value is -1.37. The molecule has 5 nitrogen and oxygen atoms in total. The van der Waals surface area contributed by atoms with Crippen molar-refractivity contribution in [3.63, 3.8) is 0 Å². The van der Waals surface area contributed by atoms with E-state index in [1.165, 1.54) is 4.90 Å². The summed E-state index contributed by atoms with van der Waals surface area (Å²) in [5.41, 5.74) is 0.755. The second-order valence-electron chi connectivity index (χ2n) is 7.50. The van der Waals surface area contributed by atoms with Crippen molar-refractivity contribution in [3.8, 4) is 0 Å². The van der Waals surface area contributed by atoms with Crippen molar-refractivity contribution in [2.24, 2.45) is 0 Å². The highest BCUT2D eigenvalue weighted by Crippen LogP contribution is 2.14. The van der Waals surface area contributed by atoms with Gasteiger partial charge >= 0.3 is 0 Å². The molecular weight excluding hydrogens is 356 g/mol. The molecule has 1 amide bonds. The summed E-state index contributed by atoms with van der Waals surface area (Å²) in [6.45, 7) is 10.2. The van der Waals surface area contributed by atoms with E-state index in [1.807, 2.05) is 45.0 Å². The Balaban J connectivity index is 1.83. The van der Waals surface area contributed by atoms with Crippen molar-refractivity contribution in [3.05, 3.63) is 29.3 Å². The second kappa shape index (κ2) is 8.83. The number of quaternary nitrogens is 1. The van der Waals surface area contributed by atoms with Gasteiger partial charge in [-0.25, -0.2) is 0 Å². The van der Waals surface area contributed by atoms with Crippen LogP contribution in [0.2, 0.25) is 5.02 Å². The molecule has 3 N–H and O–H groups in total. The van der Waals surface area contributed by atoms with Gasteiger partial charge < -0.3 is 20.4 Å². The molecule has 138 valence electrons. The van der Waals surface area contributed by atoms with E-state index in [4.69, 9.17) is 23.8 Å². The van der Waals surface area contributed by atoms with Gasteiger partial charge in [0.1, 0.15) is 0 Å². The van der Waals surface area contributed by atoms with Crippen molar-refractivity contribution in [1.29, 1.82) is 0 Å². The molecule has 0 radical (unpaired) electrons. The molecule has 7 heteroatoms. The minimum absolute atomic E-state index is 0.109. The van der Waals surface area contributed by atoms with Crippen LogP contribution in [0, 0.1) is 0 Å². The molecule has 1 fully saturated rings. The number of carbonyl (C=O) groups excluding carboxylic acids is 1. The van der Waals surface area contributed by atoms with Crippen molar-refractivity contribution >= 4 is 40.5 Å². The summed E-state index contributed by atoms with van der Waals surface area (Å²) in [4.78, 5) is 15.6. The van der Waals surface area contributed by atoms with Crippen LogP contribution in [0.5, 0.6) is 0 Å². The fourth-order valence-corrected chi connectivity index (χ4v) is 3.28. The third kappa shape index (κ3) is 7.18. The molecule has 0 spiro atoms. The van der Waals surface area contributed by atoms with Crippen molar-refractivity contribution in [2.45, 2.75) is 32.7 Å². The molecule has 1 aromatic rings. The number of carbonyl (C=O) groups is 1. The number of hydrogen-bond acceptors (Lipinski definition) is 2. The number of thiocarbonyl (C=S) groups is 1. The van der Waals surface area contributed by atoms with E-state index in [2.05, 4.69) is 15.5 Å². The minimum Gasteiger partial charge on any atom is -0.347 e. The van der Waals surface area contributed by atoms with E-state index in [1.54, 1.807) is 0 Å². The summed E-state index contributed by atoms with van der Waals surface area (Å²) in [5.74, 6) is 0.109. The molecule has 1 unspecified atom stereocenters. The summed E-state index contributed by atoms with van der Waals surface area (Å²) in [6.07, 6.45) is 1.01. The van der Waals surface area contributed by atoms with Crippen LogP contribution in [-0.2, 0) is 4.79 Å². The minimum atomic E-state index is -0.182. The molecule has 2 rings (SSSR count). The third-order valence-corrected chi connectivity index (χ3v) is 4.61. The van der Waals surface area contributed by atoms with E-state index in [9.17, 15) is 4.79 Å². The molecule has 0 saturated carbocycles. The Morgan fingerprint density at radius 3 is 2.56 bits per heavy atom. The lowest BCUT2D eigenvalue weighted by Crippen LogP contribution is -3.13. The van der Waals surface area contributed by atoms with Gasteiger partial charge in [-0.3, -0.25) is 4.79 Å². The van der Waals surface area contributed by atoms with E-state index >= 15 is 0 Å². The van der Waals surface area contributed by atoms with Crippen molar-refractivity contribution in [2.75, 3.05) is 38.0 Å². The molecular formula is C18H28ClN4OS+. The van der Waals surface area contributed by atoms with Crippen molar-refractivity contribution < 1.29 is 9.69 Å². The molecule has 1 atom stereocenters. The maximum Gasteiger partial charge on any atom is 0.275 e. The van der Waals surface area contributed by atoms with Crippen LogP contribution in [0.15, 0.2) is 24.3 Å². The predicted octanol–water partition coefficient (Wildman–Crippen LogP) is 1.54. The summed E-state index contributed by atoms with van der Waals surface area (Å²) < 4.78 is 0. The highest BCUT2D eigenvalue weighted by Gasteiger charge is 2.23. The van der Waals surface area contributed by atoms with Crippen LogP contribution in [-0.4, -0.2) is 54.2 Å². The first-order valence-electron chi connectivity index (χ1n) is 8.69. The zero-order valence-electron chi connectivity index (χ0n) is 15.2. The first kappa shape index (κ1) is 19.9. The average Bonchev–Trinajstić information content (AvgIpc) is 2.73. The first-order chi connectivity index (χ1) is 11.7. The van der Waals surface area contributed by atoms with E-state index in [-0.39, 0.29) is 11.4 Å². The Bertz CT molecular complexity index is 600. The van der Waals surface area contributed by atoms with E-state index < -0.39 is 0 Å². The molecule has 0 bridgehead atoms. The highest BCUT2D eigenvalue weighted by molar-refractivity contribution is 7.80. The van der Waals surface area contributed by atoms with Crippen LogP contribution < -0.4 is 15.5 Å². The summed E-state index contributed by atoms with van der Waals surface area (Å²) in [7, 11) is 0. The molecule has 0 aromatic heterocycles. The number of benzene rings is 1. The van der Waals surface area contributed by atoms with Gasteiger partial charge in [0, 0.05) is 29.2 Å². The molecule has 25 heavy (non-hydrogen) atoms. The molecule has 1 aliphatic heterocycles. The zero-order valence-corrected chi connectivity index (χ0v) is 16.8. The number of rotatable bonds is 3. The lowest BCUT2D eigenvalue weighted by Gasteiger charge is -2.24. The summed E-state index contributed by atoms with van der Waals surface area (Å²) >= 11 is 11.4. The molecule has 1 saturated heterocycles. The largest absolute Gasteiger partial charge is 0.347 e. The number of hydrogen-bond donors (Lipinski definition) is 3. The fraction of sp³-hybridized carbons (Fsp3) is 0.556. The van der Waals surface area contributed by atoms with Gasteiger partial charge in [0.25, 0.3) is 5.91 Å². The lowest BCUT2D eigenvalue weighted by molar-refractivity contribution is -0.889. The van der Waals surface area contributed by atoms with Gasteiger partial charge in [-0.2, -0.15) is 0 Å². The normalized spacial score (nSPS) is 18.4. The van der Waals surface area contributed by atoms with E-state index in [0.29, 0.717) is 11.6 Å². The van der Waals surface area contributed by atoms with Gasteiger partial charge in [-0.1, -0.05) is 11.6 Å². The smallest absolute Gasteiger partial charge is 0.275 e. The fourth-order valence-electron chi connectivity index (χ4n) is 2.85. The number of amides is 1.